The number of carbonyl (C=O) groups is 1. The molecule has 0 spiro atoms. The maximum Gasteiger partial charge on any atom is 0.341 e. The average Bonchev–Trinajstić information content (AvgIpc) is 3.15. The highest BCUT2D eigenvalue weighted by molar-refractivity contribution is 7.91. The van der Waals surface area contributed by atoms with E-state index in [0.717, 1.165) is 37.8 Å². The summed E-state index contributed by atoms with van der Waals surface area (Å²) in [5, 5.41) is 2.69. The Kier molecular flexibility index (Phi) is 5.74. The topological polar surface area (TPSA) is 72.5 Å². The molecule has 0 saturated heterocycles. The van der Waals surface area contributed by atoms with Gasteiger partial charge in [-0.1, -0.05) is 6.07 Å². The van der Waals surface area contributed by atoms with Crippen molar-refractivity contribution in [2.45, 2.75) is 42.4 Å². The lowest BCUT2D eigenvalue weighted by molar-refractivity contribution is 0.102. The molecule has 2 aromatic carbocycles. The molecule has 0 unspecified atom stereocenters. The first-order chi connectivity index (χ1) is 12.9. The second-order valence-electron chi connectivity index (χ2n) is 6.34. The Labute approximate surface area is 156 Å². The fourth-order valence-corrected chi connectivity index (χ4v) is 3.67. The average molecular weight is 395 g/mol. The van der Waals surface area contributed by atoms with Gasteiger partial charge in [-0.25, -0.2) is 8.42 Å². The summed E-state index contributed by atoms with van der Waals surface area (Å²) in [4.78, 5) is 11.8. The summed E-state index contributed by atoms with van der Waals surface area (Å²) < 4.78 is 53.8. The lowest BCUT2D eigenvalue weighted by atomic mass is 10.2. The van der Waals surface area contributed by atoms with Gasteiger partial charge in [0.1, 0.15) is 5.75 Å². The van der Waals surface area contributed by atoms with E-state index in [-0.39, 0.29) is 11.7 Å². The largest absolute Gasteiger partial charge is 0.490 e. The van der Waals surface area contributed by atoms with Gasteiger partial charge in [0.25, 0.3) is 5.91 Å². The molecule has 27 heavy (non-hydrogen) atoms. The lowest BCUT2D eigenvalue weighted by Crippen LogP contribution is -2.14. The third-order valence-corrected chi connectivity index (χ3v) is 5.77. The first kappa shape index (κ1) is 19.3. The van der Waals surface area contributed by atoms with Gasteiger partial charge in [-0.15, -0.1) is 0 Å². The number of halogens is 2. The van der Waals surface area contributed by atoms with E-state index in [1.807, 2.05) is 6.07 Å². The van der Waals surface area contributed by atoms with Crippen molar-refractivity contribution in [1.82, 2.24) is 0 Å². The summed E-state index contributed by atoms with van der Waals surface area (Å²) in [6, 6.07) is 11.4. The molecular weight excluding hydrogens is 376 g/mol. The minimum atomic E-state index is -4.68. The molecule has 1 amide bonds. The summed E-state index contributed by atoms with van der Waals surface area (Å²) in [6.45, 7) is 0. The minimum absolute atomic E-state index is 0.158. The van der Waals surface area contributed by atoms with Crippen molar-refractivity contribution in [3.8, 4) is 5.75 Å². The van der Waals surface area contributed by atoms with Crippen molar-refractivity contribution in [3.05, 3.63) is 54.1 Å². The van der Waals surface area contributed by atoms with Crippen molar-refractivity contribution in [2.75, 3.05) is 5.32 Å². The fourth-order valence-electron chi connectivity index (χ4n) is 2.95. The van der Waals surface area contributed by atoms with E-state index < -0.39 is 26.4 Å². The standard InChI is InChI=1S/C19H19F2NO4S/c20-19(21)27(24,25)17-10-8-13(9-11-17)18(23)22-14-4-3-7-16(12-14)26-15-5-1-2-6-15/h3-4,7-12,15,19H,1-2,5-6H2,(H,22,23). The number of alkyl halides is 2. The van der Waals surface area contributed by atoms with E-state index in [0.29, 0.717) is 11.4 Å². The van der Waals surface area contributed by atoms with Crippen LogP contribution >= 0.6 is 0 Å². The molecule has 8 heteroatoms. The van der Waals surface area contributed by atoms with Gasteiger partial charge >= 0.3 is 5.76 Å². The van der Waals surface area contributed by atoms with Crippen LogP contribution in [0.3, 0.4) is 0 Å². The van der Waals surface area contributed by atoms with E-state index in [9.17, 15) is 22.0 Å². The van der Waals surface area contributed by atoms with Crippen molar-refractivity contribution >= 4 is 21.4 Å². The monoisotopic (exact) mass is 395 g/mol. The Bertz CT molecular complexity index is 908. The van der Waals surface area contributed by atoms with E-state index in [2.05, 4.69) is 5.32 Å². The summed E-state index contributed by atoms with van der Waals surface area (Å²) in [5.41, 5.74) is 0.685. The Balaban J connectivity index is 1.68. The highest BCUT2D eigenvalue weighted by Crippen LogP contribution is 2.26. The summed E-state index contributed by atoms with van der Waals surface area (Å²) in [5.74, 6) is -3.31. The second kappa shape index (κ2) is 8.04. The SMILES string of the molecule is O=C(Nc1cccc(OC2CCCC2)c1)c1ccc(S(=O)(=O)C(F)F)cc1. The highest BCUT2D eigenvalue weighted by atomic mass is 32.2. The second-order valence-corrected chi connectivity index (χ2v) is 8.25. The Morgan fingerprint density at radius 2 is 1.74 bits per heavy atom. The van der Waals surface area contributed by atoms with Crippen LogP contribution in [-0.2, 0) is 9.84 Å². The van der Waals surface area contributed by atoms with Gasteiger partial charge in [-0.3, -0.25) is 4.79 Å². The van der Waals surface area contributed by atoms with Crippen LogP contribution in [0.15, 0.2) is 53.4 Å². The third kappa shape index (κ3) is 4.63. The van der Waals surface area contributed by atoms with Gasteiger partial charge in [-0.05, 0) is 62.1 Å². The molecule has 0 heterocycles. The van der Waals surface area contributed by atoms with Crippen LogP contribution in [-0.4, -0.2) is 26.2 Å². The normalized spacial score (nSPS) is 15.1. The summed E-state index contributed by atoms with van der Waals surface area (Å²) in [7, 11) is -4.68. The minimum Gasteiger partial charge on any atom is -0.490 e. The van der Waals surface area contributed by atoms with E-state index in [1.165, 1.54) is 12.1 Å². The van der Waals surface area contributed by atoms with Gasteiger partial charge < -0.3 is 10.1 Å². The van der Waals surface area contributed by atoms with E-state index >= 15 is 0 Å². The van der Waals surface area contributed by atoms with Crippen LogP contribution in [0.4, 0.5) is 14.5 Å². The molecule has 0 atom stereocenters. The number of anilines is 1. The molecule has 0 bridgehead atoms. The van der Waals surface area contributed by atoms with Crippen LogP contribution in [0.5, 0.6) is 5.75 Å². The number of sulfone groups is 1. The Morgan fingerprint density at radius 1 is 1.07 bits per heavy atom. The van der Waals surface area contributed by atoms with Gasteiger partial charge in [-0.2, -0.15) is 8.78 Å². The number of hydrogen-bond acceptors (Lipinski definition) is 4. The molecule has 5 nitrogen and oxygen atoms in total. The van der Waals surface area contributed by atoms with Gasteiger partial charge in [0.05, 0.1) is 11.0 Å². The fraction of sp³-hybridized carbons (Fsp3) is 0.316. The summed E-state index contributed by atoms with van der Waals surface area (Å²) >= 11 is 0. The maximum absolute atomic E-state index is 12.5. The lowest BCUT2D eigenvalue weighted by Gasteiger charge is -2.14. The van der Waals surface area contributed by atoms with Gasteiger partial charge in [0.2, 0.25) is 9.84 Å². The summed E-state index contributed by atoms with van der Waals surface area (Å²) in [6.07, 6.45) is 4.53. The van der Waals surface area contributed by atoms with Crippen molar-refractivity contribution in [3.63, 3.8) is 0 Å². The molecule has 1 fully saturated rings. The zero-order valence-electron chi connectivity index (χ0n) is 14.4. The Hall–Kier alpha value is -2.48. The maximum atomic E-state index is 12.5. The molecule has 144 valence electrons. The van der Waals surface area contributed by atoms with E-state index in [4.69, 9.17) is 4.74 Å². The number of hydrogen-bond donors (Lipinski definition) is 1. The molecular formula is C19H19F2NO4S. The van der Waals surface area contributed by atoms with Crippen molar-refractivity contribution < 1.29 is 26.7 Å². The highest BCUT2D eigenvalue weighted by Gasteiger charge is 2.26. The first-order valence-electron chi connectivity index (χ1n) is 8.56. The smallest absolute Gasteiger partial charge is 0.341 e. The van der Waals surface area contributed by atoms with Crippen molar-refractivity contribution in [2.24, 2.45) is 0 Å². The number of amides is 1. The van der Waals surface area contributed by atoms with Crippen LogP contribution < -0.4 is 10.1 Å². The third-order valence-electron chi connectivity index (χ3n) is 4.38. The number of rotatable bonds is 6. The zero-order valence-corrected chi connectivity index (χ0v) is 15.2. The molecule has 1 aliphatic rings. The molecule has 0 aliphatic heterocycles. The molecule has 1 N–H and O–H groups in total. The molecule has 2 aromatic rings. The predicted molar refractivity (Wildman–Crippen MR) is 96.9 cm³/mol. The number of ether oxygens (including phenoxy) is 1. The van der Waals surface area contributed by atoms with Crippen LogP contribution in [0, 0.1) is 0 Å². The molecule has 1 saturated carbocycles. The quantitative estimate of drug-likeness (QED) is 0.793. The zero-order chi connectivity index (χ0) is 19.4. The molecule has 0 aromatic heterocycles. The van der Waals surface area contributed by atoms with Crippen LogP contribution in [0.2, 0.25) is 0 Å². The number of nitrogens with one attached hydrogen (secondary N) is 1. The van der Waals surface area contributed by atoms with Crippen molar-refractivity contribution in [1.29, 1.82) is 0 Å². The molecule has 3 rings (SSSR count). The van der Waals surface area contributed by atoms with Crippen LogP contribution in [0.1, 0.15) is 36.0 Å². The van der Waals surface area contributed by atoms with Gasteiger partial charge in [0.15, 0.2) is 0 Å². The van der Waals surface area contributed by atoms with Crippen LogP contribution in [0.25, 0.3) is 0 Å². The van der Waals surface area contributed by atoms with Gasteiger partial charge in [0, 0.05) is 17.3 Å². The Morgan fingerprint density at radius 3 is 2.37 bits per heavy atom. The number of benzene rings is 2. The molecule has 1 aliphatic carbocycles. The van der Waals surface area contributed by atoms with E-state index in [1.54, 1.807) is 18.2 Å². The number of carbonyl (C=O) groups excluding carboxylic acids is 1. The first-order valence-corrected chi connectivity index (χ1v) is 10.1. The predicted octanol–water partition coefficient (Wildman–Crippen LogP) is 4.26. The molecule has 0 radical (unpaired) electrons.